The predicted molar refractivity (Wildman–Crippen MR) is 213 cm³/mol. The highest BCUT2D eigenvalue weighted by Gasteiger charge is 2.65. The molecule has 0 aromatic carbocycles. The molecule has 8 saturated heterocycles. The molecule has 14 nitrogen and oxygen atoms in total. The summed E-state index contributed by atoms with van der Waals surface area (Å²) in [6, 6.07) is 0. The second-order valence-electron chi connectivity index (χ2n) is 20.7. The molecule has 0 aliphatic carbocycles. The van der Waals surface area contributed by atoms with Gasteiger partial charge in [0, 0.05) is 38.5 Å². The highest BCUT2D eigenvalue weighted by molar-refractivity contribution is 5.86. The lowest BCUT2D eigenvalue weighted by Crippen LogP contribution is -2.57. The van der Waals surface area contributed by atoms with Crippen LogP contribution in [-0.2, 0) is 52.2 Å². The fourth-order valence-electron chi connectivity index (χ4n) is 12.2. The minimum atomic E-state index is -1.93. The van der Waals surface area contributed by atoms with Gasteiger partial charge in [-0.3, -0.25) is 9.59 Å². The van der Waals surface area contributed by atoms with Crippen molar-refractivity contribution in [1.29, 1.82) is 0 Å². The van der Waals surface area contributed by atoms with E-state index in [9.17, 15) is 24.9 Å². The number of ketones is 1. The summed E-state index contributed by atoms with van der Waals surface area (Å²) in [6.45, 7) is 12.3. The lowest BCUT2D eigenvalue weighted by atomic mass is 9.88. The summed E-state index contributed by atoms with van der Waals surface area (Å²) in [5.74, 6) is -5.02. The molecular weight excluding hydrogens is 776 g/mol. The molecule has 9 aliphatic heterocycles. The Balaban J connectivity index is 1.00. The molecule has 0 amide bonds. The number of Topliss-reactive ketones (excluding diaryl/α,β-unsaturated/α-hetero) is 1. The second kappa shape index (κ2) is 15.7. The van der Waals surface area contributed by atoms with Crippen LogP contribution in [0.2, 0.25) is 0 Å². The van der Waals surface area contributed by atoms with E-state index in [4.69, 9.17) is 42.6 Å². The third-order valence-corrected chi connectivity index (χ3v) is 15.5. The van der Waals surface area contributed by atoms with E-state index in [2.05, 4.69) is 26.8 Å². The molecule has 14 heteroatoms. The van der Waals surface area contributed by atoms with E-state index in [1.165, 1.54) is 0 Å². The second-order valence-corrected chi connectivity index (χ2v) is 20.7. The van der Waals surface area contributed by atoms with Gasteiger partial charge in [0.1, 0.15) is 48.3 Å². The fraction of sp³-hybridized carbons (Fsp3) is 0.870. The number of esters is 1. The molecule has 0 aromatic heterocycles. The molecule has 0 saturated carbocycles. The van der Waals surface area contributed by atoms with Gasteiger partial charge in [-0.2, -0.15) is 0 Å². The molecule has 60 heavy (non-hydrogen) atoms. The smallest absolute Gasteiger partial charge is 0.311 e. The average molecular weight is 845 g/mol. The van der Waals surface area contributed by atoms with Gasteiger partial charge in [-0.05, 0) is 98.3 Å². The standard InChI is InChI=1S/C46H68O14/c1-26-11-12-31-33(22-37(53-31)46(51)35(48)10-8-20-52-46)54-40(50)28(3)30-9-7-15-44(55-30)17-13-32(56-44)39(49)43(6)24-29(47)38(59-43)34-25-42(5)18-19-45(57-34,60-42)36-14-16-41(4,58-36)23-27(2)21-26/h11-12,21,27-28,30-39,48-49,51H,7-10,13-20,22-25H2,1-6H3/b12-11+,26-21-/t27-,28+,30-,31+,32-,33+,34-,35+,36+,37-,38-,39-,41+,42-,43+,44-,45-,46-/m0/s1. The van der Waals surface area contributed by atoms with Crippen molar-refractivity contribution in [1.82, 2.24) is 0 Å². The lowest BCUT2D eigenvalue weighted by Gasteiger charge is -2.47. The Morgan fingerprint density at radius 3 is 2.37 bits per heavy atom. The normalized spacial score (nSPS) is 55.2. The van der Waals surface area contributed by atoms with Gasteiger partial charge in [0.05, 0.1) is 42.0 Å². The van der Waals surface area contributed by atoms with E-state index >= 15 is 0 Å². The summed E-state index contributed by atoms with van der Waals surface area (Å²) >= 11 is 0. The molecule has 2 spiro atoms. The summed E-state index contributed by atoms with van der Waals surface area (Å²) < 4.78 is 58.8. The summed E-state index contributed by atoms with van der Waals surface area (Å²) in [6.07, 6.45) is 6.84. The third kappa shape index (κ3) is 7.90. The van der Waals surface area contributed by atoms with Crippen molar-refractivity contribution in [3.8, 4) is 0 Å². The van der Waals surface area contributed by atoms with E-state index in [0.29, 0.717) is 51.4 Å². The van der Waals surface area contributed by atoms with Gasteiger partial charge in [-0.25, -0.2) is 0 Å². The van der Waals surface area contributed by atoms with Crippen LogP contribution in [0.1, 0.15) is 138 Å². The Morgan fingerprint density at radius 2 is 1.57 bits per heavy atom. The van der Waals surface area contributed by atoms with Gasteiger partial charge >= 0.3 is 5.97 Å². The molecule has 9 aliphatic rings. The van der Waals surface area contributed by atoms with Crippen LogP contribution in [0.4, 0.5) is 0 Å². The summed E-state index contributed by atoms with van der Waals surface area (Å²) in [7, 11) is 0. The lowest BCUT2D eigenvalue weighted by molar-refractivity contribution is -0.359. The maximum absolute atomic E-state index is 14.0. The quantitative estimate of drug-likeness (QED) is 0.300. The van der Waals surface area contributed by atoms with Crippen molar-refractivity contribution in [2.24, 2.45) is 11.8 Å². The first-order valence-electron chi connectivity index (χ1n) is 22.9. The van der Waals surface area contributed by atoms with E-state index in [0.717, 1.165) is 37.7 Å². The number of rotatable bonds is 1. The number of hydrogen-bond donors (Lipinski definition) is 3. The Kier molecular flexibility index (Phi) is 11.4. The van der Waals surface area contributed by atoms with Crippen molar-refractivity contribution in [2.75, 3.05) is 6.61 Å². The molecular formula is C46H68O14. The van der Waals surface area contributed by atoms with Gasteiger partial charge in [-0.15, -0.1) is 0 Å². The van der Waals surface area contributed by atoms with E-state index in [-0.39, 0.29) is 37.3 Å². The van der Waals surface area contributed by atoms with Crippen LogP contribution in [0.3, 0.4) is 0 Å². The maximum atomic E-state index is 14.0. The molecule has 0 aromatic rings. The maximum Gasteiger partial charge on any atom is 0.311 e. The highest BCUT2D eigenvalue weighted by atomic mass is 16.8. The van der Waals surface area contributed by atoms with Crippen LogP contribution in [0.5, 0.6) is 0 Å². The number of ether oxygens (including phenoxy) is 9. The first-order chi connectivity index (χ1) is 28.3. The van der Waals surface area contributed by atoms with Gasteiger partial charge < -0.3 is 58.0 Å². The number of hydrogen-bond acceptors (Lipinski definition) is 14. The van der Waals surface area contributed by atoms with Crippen LogP contribution in [-0.4, -0.2) is 129 Å². The van der Waals surface area contributed by atoms with Crippen LogP contribution in [0, 0.1) is 11.8 Å². The predicted octanol–water partition coefficient (Wildman–Crippen LogP) is 5.01. The van der Waals surface area contributed by atoms with Crippen molar-refractivity contribution in [2.45, 2.75) is 233 Å². The molecule has 8 fully saturated rings. The first-order valence-corrected chi connectivity index (χ1v) is 22.9. The van der Waals surface area contributed by atoms with Gasteiger partial charge in [0.2, 0.25) is 5.79 Å². The zero-order valence-electron chi connectivity index (χ0n) is 36.3. The number of allylic oxidation sites excluding steroid dienone is 3. The van der Waals surface area contributed by atoms with Crippen LogP contribution in [0.15, 0.2) is 23.8 Å². The molecule has 0 unspecified atom stereocenters. The first kappa shape index (κ1) is 43.4. The molecule has 336 valence electrons. The molecule has 18 atom stereocenters. The fourth-order valence-corrected chi connectivity index (χ4v) is 12.2. The van der Waals surface area contributed by atoms with Crippen LogP contribution < -0.4 is 0 Å². The van der Waals surface area contributed by atoms with Crippen LogP contribution >= 0.6 is 0 Å². The Morgan fingerprint density at radius 1 is 0.767 bits per heavy atom. The number of carbonyl (C=O) groups excluding carboxylic acids is 2. The molecule has 10 bridgehead atoms. The molecule has 0 radical (unpaired) electrons. The minimum Gasteiger partial charge on any atom is -0.459 e. The zero-order valence-corrected chi connectivity index (χ0v) is 36.3. The molecule has 3 N–H and O–H groups in total. The van der Waals surface area contributed by atoms with Crippen molar-refractivity contribution in [3.63, 3.8) is 0 Å². The van der Waals surface area contributed by atoms with E-state index in [1.54, 1.807) is 13.8 Å². The molecule has 9 heterocycles. The van der Waals surface area contributed by atoms with Crippen molar-refractivity contribution < 1.29 is 67.5 Å². The Labute approximate surface area is 353 Å². The third-order valence-electron chi connectivity index (χ3n) is 15.5. The Hall–Kier alpha value is -1.82. The van der Waals surface area contributed by atoms with E-state index < -0.39 is 101 Å². The SMILES string of the molecule is CC1=C/[C@H](C)C[C@@]2(C)CC[C@@H](O2)[C@@]23CC[C@@](C)(C[C@H](O2)[C@H]2O[C@](C)(CC2=O)[C@@H](O)[C@@H]2CC[C@]4(CCC[C@H](O4)[C@@H](C)C(=O)O[C@@H]4C[C@@H]([C@@]5(O)OCCC[C@H]5O)O[C@@H]4\C=C\1)O2)O3. The highest BCUT2D eigenvalue weighted by Crippen LogP contribution is 2.55. The van der Waals surface area contributed by atoms with Gasteiger partial charge in [0.15, 0.2) is 17.4 Å². The van der Waals surface area contributed by atoms with Gasteiger partial charge in [0.25, 0.3) is 0 Å². The number of aliphatic hydroxyl groups excluding tert-OH is 2. The van der Waals surface area contributed by atoms with E-state index in [1.807, 2.05) is 19.1 Å². The van der Waals surface area contributed by atoms with Crippen LogP contribution in [0.25, 0.3) is 0 Å². The summed E-state index contributed by atoms with van der Waals surface area (Å²) in [5.41, 5.74) is -1.16. The largest absolute Gasteiger partial charge is 0.459 e. The van der Waals surface area contributed by atoms with Crippen molar-refractivity contribution >= 4 is 11.8 Å². The monoisotopic (exact) mass is 844 g/mol. The van der Waals surface area contributed by atoms with Gasteiger partial charge in [-0.1, -0.05) is 30.7 Å². The zero-order chi connectivity index (χ0) is 42.5. The number of aliphatic hydroxyl groups is 3. The topological polar surface area (TPSA) is 178 Å². The molecule has 9 rings (SSSR count). The number of fused-ring (bicyclic) bond motifs is 10. The average Bonchev–Trinajstić information content (AvgIpc) is 4.01. The minimum absolute atomic E-state index is 0.0232. The summed E-state index contributed by atoms with van der Waals surface area (Å²) in [5, 5.41) is 34.3. The summed E-state index contributed by atoms with van der Waals surface area (Å²) in [4.78, 5) is 27.9. The van der Waals surface area contributed by atoms with Crippen molar-refractivity contribution in [3.05, 3.63) is 23.8 Å². The number of carbonyl (C=O) groups is 2. The Bertz CT molecular complexity index is 1720.